The highest BCUT2D eigenvalue weighted by atomic mass is 16.7. The van der Waals surface area contributed by atoms with Gasteiger partial charge in [0.25, 0.3) is 5.91 Å². The Morgan fingerprint density at radius 1 is 1.29 bits per heavy atom. The first-order chi connectivity index (χ1) is 13.6. The molecule has 1 unspecified atom stereocenters. The fourth-order valence-corrected chi connectivity index (χ4v) is 4.43. The normalized spacial score (nSPS) is 18.1. The Kier molecular flexibility index (Phi) is 5.53. The molecule has 2 aliphatic rings. The number of hydroxylamine groups is 1. The second-order valence-electron chi connectivity index (χ2n) is 7.88. The van der Waals surface area contributed by atoms with Gasteiger partial charge in [0.15, 0.2) is 5.75 Å². The van der Waals surface area contributed by atoms with E-state index < -0.39 is 0 Å². The third-order valence-electron chi connectivity index (χ3n) is 5.87. The second-order valence-corrected chi connectivity index (χ2v) is 7.88. The van der Waals surface area contributed by atoms with Crippen LogP contribution in [0.25, 0.3) is 0 Å². The molecule has 1 aliphatic carbocycles. The molecule has 1 aliphatic heterocycles. The minimum Gasteiger partial charge on any atom is -0.496 e. The molecule has 0 spiro atoms. The van der Waals surface area contributed by atoms with E-state index in [1.165, 1.54) is 29.5 Å². The van der Waals surface area contributed by atoms with Crippen molar-refractivity contribution >= 4 is 5.91 Å². The van der Waals surface area contributed by atoms with E-state index in [0.717, 1.165) is 43.0 Å². The maximum atomic E-state index is 11.5. The van der Waals surface area contributed by atoms with Gasteiger partial charge in [-0.05, 0) is 67.5 Å². The Morgan fingerprint density at radius 2 is 2.18 bits per heavy atom. The van der Waals surface area contributed by atoms with E-state index >= 15 is 0 Å². The van der Waals surface area contributed by atoms with Crippen LogP contribution in [-0.4, -0.2) is 38.1 Å². The number of methoxy groups -OCH3 is 1. The predicted octanol–water partition coefficient (Wildman–Crippen LogP) is 3.26. The van der Waals surface area contributed by atoms with Gasteiger partial charge in [0, 0.05) is 18.7 Å². The fourth-order valence-electron chi connectivity index (χ4n) is 4.43. The van der Waals surface area contributed by atoms with Crippen molar-refractivity contribution in [2.24, 2.45) is 0 Å². The highest BCUT2D eigenvalue weighted by Gasteiger charge is 2.24. The topological polar surface area (TPSA) is 50.8 Å². The van der Waals surface area contributed by atoms with Gasteiger partial charge in [-0.1, -0.05) is 24.3 Å². The van der Waals surface area contributed by atoms with E-state index in [4.69, 9.17) is 9.57 Å². The molecule has 0 saturated heterocycles. The molecule has 0 bridgehead atoms. The smallest absolute Gasteiger partial charge is 0.257 e. The van der Waals surface area contributed by atoms with Gasteiger partial charge in [0.05, 0.1) is 13.5 Å². The van der Waals surface area contributed by atoms with Gasteiger partial charge in [-0.25, -0.2) is 0 Å². The van der Waals surface area contributed by atoms with Gasteiger partial charge in [-0.2, -0.15) is 5.48 Å². The highest BCUT2D eigenvalue weighted by molar-refractivity contribution is 5.80. The molecule has 5 nitrogen and oxygen atoms in total. The third-order valence-corrected chi connectivity index (χ3v) is 5.87. The summed E-state index contributed by atoms with van der Waals surface area (Å²) in [5, 5.41) is 0. The molecule has 2 aromatic rings. The molecule has 1 N–H and O–H groups in total. The van der Waals surface area contributed by atoms with E-state index in [9.17, 15) is 4.79 Å². The lowest BCUT2D eigenvalue weighted by atomic mass is 9.82. The van der Waals surface area contributed by atoms with Crippen molar-refractivity contribution in [3.05, 3.63) is 58.7 Å². The first-order valence-corrected chi connectivity index (χ1v) is 10.1. The van der Waals surface area contributed by atoms with Gasteiger partial charge in [-0.15, -0.1) is 0 Å². The first-order valence-electron chi connectivity index (χ1n) is 10.1. The van der Waals surface area contributed by atoms with Crippen LogP contribution >= 0.6 is 0 Å². The molecule has 4 rings (SSSR count). The average molecular weight is 380 g/mol. The minimum absolute atomic E-state index is 0.0897. The van der Waals surface area contributed by atoms with Crippen LogP contribution in [0.15, 0.2) is 36.4 Å². The molecule has 0 radical (unpaired) electrons. The molecule has 0 saturated carbocycles. The molecule has 28 heavy (non-hydrogen) atoms. The largest absolute Gasteiger partial charge is 0.496 e. The van der Waals surface area contributed by atoms with Crippen molar-refractivity contribution in [3.63, 3.8) is 0 Å². The van der Waals surface area contributed by atoms with Crippen LogP contribution in [0, 0.1) is 0 Å². The number of carbonyl (C=O) groups is 1. The fraction of sp³-hybridized carbons (Fsp3) is 0.435. The Balaban J connectivity index is 1.38. The van der Waals surface area contributed by atoms with Crippen molar-refractivity contribution in [1.29, 1.82) is 0 Å². The molecular formula is C23H28N2O3. The number of hydrogen-bond donors (Lipinski definition) is 1. The number of benzene rings is 2. The molecule has 2 aromatic carbocycles. The maximum Gasteiger partial charge on any atom is 0.257 e. The summed E-state index contributed by atoms with van der Waals surface area (Å²) in [4.78, 5) is 19.2. The van der Waals surface area contributed by atoms with Crippen molar-refractivity contribution < 1.29 is 14.4 Å². The number of hydrogen-bond acceptors (Lipinski definition) is 4. The number of carbonyl (C=O) groups excluding carboxylic acids is 1. The Hall–Kier alpha value is -2.53. The summed E-state index contributed by atoms with van der Waals surface area (Å²) in [6.07, 6.45) is 4.92. The zero-order valence-electron chi connectivity index (χ0n) is 16.7. The summed E-state index contributed by atoms with van der Waals surface area (Å²) in [6, 6.07) is 12.6. The highest BCUT2D eigenvalue weighted by Crippen LogP contribution is 2.36. The van der Waals surface area contributed by atoms with Crippen LogP contribution in [0.3, 0.4) is 0 Å². The lowest BCUT2D eigenvalue weighted by Gasteiger charge is -2.30. The van der Waals surface area contributed by atoms with E-state index in [0.29, 0.717) is 12.3 Å². The van der Waals surface area contributed by atoms with Crippen LogP contribution in [0.5, 0.6) is 11.5 Å². The number of amides is 1. The monoisotopic (exact) mass is 380 g/mol. The molecule has 148 valence electrons. The molecule has 5 heteroatoms. The quantitative estimate of drug-likeness (QED) is 0.836. The van der Waals surface area contributed by atoms with Gasteiger partial charge in [0.1, 0.15) is 5.75 Å². The molecule has 1 atom stereocenters. The number of nitrogens with one attached hydrogen (secondary N) is 1. The van der Waals surface area contributed by atoms with Crippen LogP contribution in [0.4, 0.5) is 0 Å². The lowest BCUT2D eigenvalue weighted by Crippen LogP contribution is -2.33. The van der Waals surface area contributed by atoms with Crippen LogP contribution in [0.2, 0.25) is 0 Å². The van der Waals surface area contributed by atoms with Gasteiger partial charge in [0.2, 0.25) is 0 Å². The average Bonchev–Trinajstić information content (AvgIpc) is 2.71. The van der Waals surface area contributed by atoms with E-state index in [1.54, 1.807) is 7.11 Å². The lowest BCUT2D eigenvalue weighted by molar-refractivity contribution is -0.128. The van der Waals surface area contributed by atoms with Crippen LogP contribution < -0.4 is 15.1 Å². The summed E-state index contributed by atoms with van der Waals surface area (Å²) in [6.45, 7) is 2.04. The molecule has 0 aromatic heterocycles. The zero-order chi connectivity index (χ0) is 19.5. The minimum atomic E-state index is -0.0897. The first kappa shape index (κ1) is 18.8. The molecule has 1 heterocycles. The summed E-state index contributed by atoms with van der Waals surface area (Å²) in [5.41, 5.74) is 7.47. The Labute approximate surface area is 166 Å². The maximum absolute atomic E-state index is 11.5. The van der Waals surface area contributed by atoms with E-state index in [-0.39, 0.29) is 5.91 Å². The van der Waals surface area contributed by atoms with Crippen molar-refractivity contribution in [3.8, 4) is 11.5 Å². The van der Waals surface area contributed by atoms with E-state index in [1.807, 2.05) is 6.07 Å². The van der Waals surface area contributed by atoms with Crippen LogP contribution in [0.1, 0.15) is 41.0 Å². The molecule has 1 amide bonds. The number of fused-ring (bicyclic) bond motifs is 2. The Bertz CT molecular complexity index is 865. The SMILES string of the molecule is COc1cccc2c1CCCC2CN(C)CCc1ccc2c(c1)CC(=O)NO2. The summed E-state index contributed by atoms with van der Waals surface area (Å²) >= 11 is 0. The van der Waals surface area contributed by atoms with Crippen molar-refractivity contribution in [2.45, 2.75) is 38.0 Å². The standard InChI is InChI=1S/C23H28N2O3/c1-25(12-11-16-9-10-21-18(13-16)14-23(26)24-28-21)15-17-5-3-7-20-19(17)6-4-8-22(20)27-2/h4,6,8-10,13,17H,3,5,7,11-12,14-15H2,1-2H3,(H,24,26). The summed E-state index contributed by atoms with van der Waals surface area (Å²) in [7, 11) is 3.96. The Morgan fingerprint density at radius 3 is 3.04 bits per heavy atom. The van der Waals surface area contributed by atoms with Crippen molar-refractivity contribution in [1.82, 2.24) is 10.4 Å². The second kappa shape index (κ2) is 8.23. The molecule has 0 fully saturated rings. The van der Waals surface area contributed by atoms with E-state index in [2.05, 4.69) is 47.8 Å². The predicted molar refractivity (Wildman–Crippen MR) is 109 cm³/mol. The van der Waals surface area contributed by atoms with Gasteiger partial charge in [-0.3, -0.25) is 4.79 Å². The number of likely N-dealkylation sites (N-methyl/N-ethyl adjacent to an activating group) is 1. The number of rotatable bonds is 6. The zero-order valence-corrected chi connectivity index (χ0v) is 16.7. The van der Waals surface area contributed by atoms with Gasteiger partial charge >= 0.3 is 0 Å². The third kappa shape index (κ3) is 3.99. The van der Waals surface area contributed by atoms with Crippen molar-refractivity contribution in [2.75, 3.05) is 27.2 Å². The summed E-state index contributed by atoms with van der Waals surface area (Å²) < 4.78 is 5.57. The van der Waals surface area contributed by atoms with Crippen LogP contribution in [-0.2, 0) is 24.1 Å². The summed E-state index contributed by atoms with van der Waals surface area (Å²) in [5.74, 6) is 2.26. The van der Waals surface area contributed by atoms with Gasteiger partial charge < -0.3 is 14.5 Å². The number of ether oxygens (including phenoxy) is 1. The number of nitrogens with zero attached hydrogens (tertiary/aromatic N) is 1. The molecular weight excluding hydrogens is 352 g/mol.